The van der Waals surface area contributed by atoms with Gasteiger partial charge in [-0.1, -0.05) is 59.8 Å². The molecule has 1 N–H and O–H groups in total. The Hall–Kier alpha value is -1.52. The first-order valence-electron chi connectivity index (χ1n) is 10.5. The van der Waals surface area contributed by atoms with Gasteiger partial charge in [0.1, 0.15) is 5.82 Å². The molecule has 1 saturated carbocycles. The third kappa shape index (κ3) is 4.55. The van der Waals surface area contributed by atoms with Gasteiger partial charge in [-0.3, -0.25) is 0 Å². The van der Waals surface area contributed by atoms with Gasteiger partial charge in [-0.15, -0.1) is 0 Å². The molecule has 0 aliphatic heterocycles. The van der Waals surface area contributed by atoms with Crippen molar-refractivity contribution < 1.29 is 0 Å². The molecule has 3 nitrogen and oxygen atoms in total. The van der Waals surface area contributed by atoms with Gasteiger partial charge >= 0.3 is 0 Å². The Labute approximate surface area is 193 Å². The van der Waals surface area contributed by atoms with Crippen LogP contribution in [0.4, 0.5) is 0 Å². The molecule has 2 aromatic carbocycles. The normalized spacial score (nSPS) is 14.7. The van der Waals surface area contributed by atoms with Crippen LogP contribution in [0, 0.1) is 0 Å². The molecule has 1 aromatic heterocycles. The fourth-order valence-corrected chi connectivity index (χ4v) is 4.90. The van der Waals surface area contributed by atoms with Crippen molar-refractivity contribution in [3.63, 3.8) is 0 Å². The highest BCUT2D eigenvalue weighted by molar-refractivity contribution is 6.36. The number of halogens is 3. The Bertz CT molecular complexity index is 1020. The van der Waals surface area contributed by atoms with Gasteiger partial charge in [0.2, 0.25) is 0 Å². The summed E-state index contributed by atoms with van der Waals surface area (Å²) in [6.07, 6.45) is 5.08. The largest absolute Gasteiger partial charge is 0.324 e. The van der Waals surface area contributed by atoms with Crippen molar-refractivity contribution in [1.29, 1.82) is 0 Å². The average Bonchev–Trinajstić information content (AvgIpc) is 3.35. The van der Waals surface area contributed by atoms with E-state index in [1.165, 1.54) is 25.7 Å². The van der Waals surface area contributed by atoms with Crippen LogP contribution in [-0.2, 0) is 6.54 Å². The van der Waals surface area contributed by atoms with Crippen molar-refractivity contribution in [1.82, 2.24) is 14.9 Å². The van der Waals surface area contributed by atoms with Crippen LogP contribution in [0.15, 0.2) is 42.5 Å². The van der Waals surface area contributed by atoms with Gasteiger partial charge in [0.05, 0.1) is 23.0 Å². The van der Waals surface area contributed by atoms with Gasteiger partial charge in [-0.05, 0) is 57.0 Å². The molecule has 6 heteroatoms. The molecule has 0 atom stereocenters. The molecule has 0 saturated heterocycles. The van der Waals surface area contributed by atoms with Crippen molar-refractivity contribution in [2.24, 2.45) is 0 Å². The summed E-state index contributed by atoms with van der Waals surface area (Å²) in [4.78, 5) is 5.09. The predicted molar refractivity (Wildman–Crippen MR) is 128 cm³/mol. The first-order valence-corrected chi connectivity index (χ1v) is 11.6. The summed E-state index contributed by atoms with van der Waals surface area (Å²) in [6.45, 7) is 5.11. The second-order valence-corrected chi connectivity index (χ2v) is 9.46. The molecule has 0 spiro atoms. The molecule has 3 aromatic rings. The first-order chi connectivity index (χ1) is 14.4. The van der Waals surface area contributed by atoms with E-state index in [0.717, 1.165) is 34.9 Å². The Morgan fingerprint density at radius 3 is 2.30 bits per heavy atom. The minimum atomic E-state index is 0.239. The molecule has 0 radical (unpaired) electrons. The summed E-state index contributed by atoms with van der Waals surface area (Å²) in [7, 11) is 0. The van der Waals surface area contributed by atoms with Crippen LogP contribution in [0.2, 0.25) is 15.1 Å². The first kappa shape index (κ1) is 21.7. The molecular weight excluding hydrogens is 437 g/mol. The minimum Gasteiger partial charge on any atom is -0.324 e. The monoisotopic (exact) mass is 461 g/mol. The van der Waals surface area contributed by atoms with Gasteiger partial charge in [0, 0.05) is 33.3 Å². The van der Waals surface area contributed by atoms with Gasteiger partial charge in [-0.25, -0.2) is 4.98 Å². The molecule has 0 unspecified atom stereocenters. The third-order valence-electron chi connectivity index (χ3n) is 5.71. The van der Waals surface area contributed by atoms with Gasteiger partial charge < -0.3 is 9.88 Å². The molecule has 158 valence electrons. The Morgan fingerprint density at radius 1 is 1.00 bits per heavy atom. The second-order valence-electron chi connectivity index (χ2n) is 8.18. The lowest BCUT2D eigenvalue weighted by atomic mass is 10.0. The lowest BCUT2D eigenvalue weighted by Gasteiger charge is -2.18. The van der Waals surface area contributed by atoms with Crippen LogP contribution >= 0.6 is 34.8 Å². The molecule has 1 heterocycles. The maximum atomic E-state index is 6.60. The van der Waals surface area contributed by atoms with Gasteiger partial charge in [0.25, 0.3) is 0 Å². The zero-order valence-corrected chi connectivity index (χ0v) is 19.5. The van der Waals surface area contributed by atoms with E-state index in [1.54, 1.807) is 6.07 Å². The molecule has 30 heavy (non-hydrogen) atoms. The van der Waals surface area contributed by atoms with E-state index in [0.29, 0.717) is 21.1 Å². The summed E-state index contributed by atoms with van der Waals surface area (Å²) in [5, 5.41) is 5.64. The summed E-state index contributed by atoms with van der Waals surface area (Å²) in [5.74, 6) is 1.02. The molecule has 1 aliphatic carbocycles. The van der Waals surface area contributed by atoms with E-state index in [2.05, 4.69) is 23.7 Å². The number of aromatic nitrogens is 2. The highest BCUT2D eigenvalue weighted by Crippen LogP contribution is 2.39. The molecule has 0 amide bonds. The molecular formula is C24H26Cl3N3. The third-order valence-corrected chi connectivity index (χ3v) is 6.51. The van der Waals surface area contributed by atoms with Crippen molar-refractivity contribution in [2.75, 3.05) is 0 Å². The number of benzene rings is 2. The highest BCUT2D eigenvalue weighted by Gasteiger charge is 2.24. The van der Waals surface area contributed by atoms with E-state index in [-0.39, 0.29) is 6.04 Å². The number of nitrogens with one attached hydrogen (secondary N) is 1. The Balaban J connectivity index is 1.85. The topological polar surface area (TPSA) is 29.9 Å². The maximum absolute atomic E-state index is 6.60. The van der Waals surface area contributed by atoms with E-state index < -0.39 is 0 Å². The van der Waals surface area contributed by atoms with Crippen LogP contribution < -0.4 is 5.32 Å². The summed E-state index contributed by atoms with van der Waals surface area (Å²) in [6, 6.07) is 14.3. The number of rotatable bonds is 6. The van der Waals surface area contributed by atoms with E-state index >= 15 is 0 Å². The van der Waals surface area contributed by atoms with E-state index in [9.17, 15) is 0 Å². The fraction of sp³-hybridized carbons (Fsp3) is 0.375. The zero-order valence-electron chi connectivity index (χ0n) is 17.3. The maximum Gasteiger partial charge on any atom is 0.124 e. The van der Waals surface area contributed by atoms with Gasteiger partial charge in [-0.2, -0.15) is 0 Å². The summed E-state index contributed by atoms with van der Waals surface area (Å²) >= 11 is 18.9. The van der Waals surface area contributed by atoms with Gasteiger partial charge in [0.15, 0.2) is 0 Å². The van der Waals surface area contributed by atoms with E-state index in [1.807, 2.05) is 36.4 Å². The molecule has 1 aliphatic rings. The quantitative estimate of drug-likeness (QED) is 0.405. The summed E-state index contributed by atoms with van der Waals surface area (Å²) < 4.78 is 2.31. The fourth-order valence-electron chi connectivity index (χ4n) is 4.28. The van der Waals surface area contributed by atoms with Crippen LogP contribution in [0.5, 0.6) is 0 Å². The molecule has 4 rings (SSSR count). The highest BCUT2D eigenvalue weighted by atomic mass is 35.5. The van der Waals surface area contributed by atoms with Crippen LogP contribution in [0.3, 0.4) is 0 Å². The Morgan fingerprint density at radius 2 is 1.67 bits per heavy atom. The average molecular weight is 463 g/mol. The predicted octanol–water partition coefficient (Wildman–Crippen LogP) is 7.79. The number of hydrogen-bond donors (Lipinski definition) is 1. The molecule has 0 bridgehead atoms. The number of nitrogens with zero attached hydrogens (tertiary/aromatic N) is 2. The van der Waals surface area contributed by atoms with Crippen LogP contribution in [0.25, 0.3) is 22.5 Å². The molecule has 1 fully saturated rings. The SMILES string of the molecule is CC(C)n1c(CNC2CCCC2)nc(-c2ccc(Cl)cc2Cl)c1-c1ccc(Cl)cc1. The van der Waals surface area contributed by atoms with Crippen LogP contribution in [0.1, 0.15) is 51.4 Å². The standard InChI is InChI=1S/C24H26Cl3N3/c1-15(2)30-22(14-28-19-5-3-4-6-19)29-23(20-12-11-18(26)13-21(20)27)24(30)16-7-9-17(25)10-8-16/h7-13,15,19,28H,3-6,14H2,1-2H3. The lowest BCUT2D eigenvalue weighted by molar-refractivity contribution is 0.486. The number of imidazole rings is 1. The van der Waals surface area contributed by atoms with Crippen molar-refractivity contribution in [2.45, 2.75) is 58.2 Å². The van der Waals surface area contributed by atoms with Crippen molar-refractivity contribution in [3.8, 4) is 22.5 Å². The Kier molecular flexibility index (Phi) is 6.74. The summed E-state index contributed by atoms with van der Waals surface area (Å²) in [5.41, 5.74) is 3.87. The minimum absolute atomic E-state index is 0.239. The lowest BCUT2D eigenvalue weighted by Crippen LogP contribution is -2.27. The van der Waals surface area contributed by atoms with Crippen molar-refractivity contribution >= 4 is 34.8 Å². The van der Waals surface area contributed by atoms with Crippen LogP contribution in [-0.4, -0.2) is 15.6 Å². The van der Waals surface area contributed by atoms with E-state index in [4.69, 9.17) is 39.8 Å². The zero-order chi connectivity index (χ0) is 21.3. The number of hydrogen-bond acceptors (Lipinski definition) is 2. The second kappa shape index (κ2) is 9.32. The smallest absolute Gasteiger partial charge is 0.124 e. The van der Waals surface area contributed by atoms with Crippen molar-refractivity contribution in [3.05, 3.63) is 63.4 Å².